The van der Waals surface area contributed by atoms with Crippen LogP contribution in [0.1, 0.15) is 35.2 Å². The normalized spacial score (nSPS) is 12.3. The number of aromatic amines is 2. The maximum Gasteiger partial charge on any atom is 0.257 e. The summed E-state index contributed by atoms with van der Waals surface area (Å²) in [4.78, 5) is 31.3. The lowest BCUT2D eigenvalue weighted by Crippen LogP contribution is -2.24. The Morgan fingerprint density at radius 3 is 2.59 bits per heavy atom. The minimum absolute atomic E-state index is 0.0906. The fourth-order valence-electron chi connectivity index (χ4n) is 4.68. The van der Waals surface area contributed by atoms with Gasteiger partial charge in [-0.2, -0.15) is 5.10 Å². The lowest BCUT2D eigenvalue weighted by molar-refractivity contribution is -0.118. The Morgan fingerprint density at radius 1 is 1.09 bits per heavy atom. The van der Waals surface area contributed by atoms with E-state index in [1.165, 1.54) is 11.6 Å². The summed E-state index contributed by atoms with van der Waals surface area (Å²) in [6.07, 6.45) is 2.12. The van der Waals surface area contributed by atoms with Crippen molar-refractivity contribution in [2.75, 3.05) is 6.54 Å². The van der Waals surface area contributed by atoms with Crippen molar-refractivity contribution in [2.24, 2.45) is 7.05 Å². The molecule has 1 amide bonds. The van der Waals surface area contributed by atoms with E-state index >= 15 is 0 Å². The number of H-pyrrole nitrogens is 2. The highest BCUT2D eigenvalue weighted by molar-refractivity contribution is 5.87. The molecule has 0 aliphatic heterocycles. The van der Waals surface area contributed by atoms with Gasteiger partial charge in [-0.25, -0.2) is 0 Å². The summed E-state index contributed by atoms with van der Waals surface area (Å²) in [7, 11) is 1.71. The molecule has 0 radical (unpaired) electrons. The third kappa shape index (κ3) is 3.63. The first-order valence-electron chi connectivity index (χ1n) is 11.1. The number of hydrogen-bond donors (Lipinski definition) is 4. The molecule has 3 heterocycles. The van der Waals surface area contributed by atoms with E-state index in [1.54, 1.807) is 13.2 Å². The second-order valence-corrected chi connectivity index (χ2v) is 8.39. The van der Waals surface area contributed by atoms with E-state index in [0.29, 0.717) is 24.0 Å². The molecule has 0 saturated carbocycles. The number of aromatic hydroxyl groups is 1. The number of aryl methyl sites for hydroxylation is 1. The van der Waals surface area contributed by atoms with Crippen LogP contribution >= 0.6 is 0 Å². The first kappa shape index (κ1) is 21.5. The van der Waals surface area contributed by atoms with Gasteiger partial charge in [0.2, 0.25) is 5.91 Å². The lowest BCUT2D eigenvalue weighted by Gasteiger charge is -2.20. The van der Waals surface area contributed by atoms with Crippen molar-refractivity contribution in [3.05, 3.63) is 93.5 Å². The zero-order valence-corrected chi connectivity index (χ0v) is 18.9. The number of aromatic nitrogens is 4. The number of pyridine rings is 1. The SMILES string of the molecule is CC(=O)NCCc1c(C(c2ccccc2)c2c(O)c3cnn(C)c3[nH]c2=O)[nH]c2ccccc12. The number of rotatable bonds is 6. The molecule has 0 bridgehead atoms. The van der Waals surface area contributed by atoms with Crippen molar-refractivity contribution >= 4 is 27.8 Å². The Balaban J connectivity index is 1.78. The number of nitrogens with one attached hydrogen (secondary N) is 3. The molecular weight excluding hydrogens is 430 g/mol. The van der Waals surface area contributed by atoms with Gasteiger partial charge in [0.05, 0.1) is 23.1 Å². The summed E-state index contributed by atoms with van der Waals surface area (Å²) in [5, 5.41) is 19.9. The van der Waals surface area contributed by atoms with Gasteiger partial charge < -0.3 is 20.4 Å². The highest BCUT2D eigenvalue weighted by Crippen LogP contribution is 2.40. The molecule has 0 fully saturated rings. The van der Waals surface area contributed by atoms with E-state index in [9.17, 15) is 14.7 Å². The van der Waals surface area contributed by atoms with Crippen molar-refractivity contribution < 1.29 is 9.90 Å². The van der Waals surface area contributed by atoms with Crippen LogP contribution in [0.3, 0.4) is 0 Å². The smallest absolute Gasteiger partial charge is 0.257 e. The van der Waals surface area contributed by atoms with E-state index in [-0.39, 0.29) is 22.8 Å². The summed E-state index contributed by atoms with van der Waals surface area (Å²) >= 11 is 0. The molecule has 0 saturated heterocycles. The van der Waals surface area contributed by atoms with Gasteiger partial charge >= 0.3 is 0 Å². The fraction of sp³-hybridized carbons (Fsp3) is 0.192. The van der Waals surface area contributed by atoms with Gasteiger partial charge in [0.15, 0.2) is 0 Å². The monoisotopic (exact) mass is 455 g/mol. The Labute approximate surface area is 195 Å². The van der Waals surface area contributed by atoms with Crippen LogP contribution < -0.4 is 10.9 Å². The number of amides is 1. The molecule has 0 spiro atoms. The number of carbonyl (C=O) groups excluding carboxylic acids is 1. The Hall–Kier alpha value is -4.33. The van der Waals surface area contributed by atoms with E-state index in [2.05, 4.69) is 20.4 Å². The van der Waals surface area contributed by atoms with Gasteiger partial charge in [0, 0.05) is 37.1 Å². The van der Waals surface area contributed by atoms with Crippen molar-refractivity contribution in [1.29, 1.82) is 0 Å². The Morgan fingerprint density at radius 2 is 1.82 bits per heavy atom. The summed E-state index contributed by atoms with van der Waals surface area (Å²) < 4.78 is 1.53. The predicted molar refractivity (Wildman–Crippen MR) is 131 cm³/mol. The zero-order chi connectivity index (χ0) is 23.8. The van der Waals surface area contributed by atoms with Gasteiger partial charge in [-0.3, -0.25) is 14.3 Å². The van der Waals surface area contributed by atoms with Crippen molar-refractivity contribution in [3.8, 4) is 5.75 Å². The van der Waals surface area contributed by atoms with Gasteiger partial charge in [-0.05, 0) is 23.6 Å². The number of nitrogens with zero attached hydrogens (tertiary/aromatic N) is 2. The van der Waals surface area contributed by atoms with Crippen molar-refractivity contribution in [3.63, 3.8) is 0 Å². The van der Waals surface area contributed by atoms with Crippen LogP contribution in [-0.4, -0.2) is 37.3 Å². The summed E-state index contributed by atoms with van der Waals surface area (Å²) in [6, 6.07) is 17.5. The maximum absolute atomic E-state index is 13.4. The Kier molecular flexibility index (Phi) is 5.41. The molecule has 0 aliphatic carbocycles. The number of carbonyl (C=O) groups is 1. The first-order valence-corrected chi connectivity index (χ1v) is 11.1. The highest BCUT2D eigenvalue weighted by Gasteiger charge is 2.29. The Bertz CT molecular complexity index is 1560. The molecule has 5 rings (SSSR count). The van der Waals surface area contributed by atoms with Crippen LogP contribution in [0.25, 0.3) is 21.9 Å². The zero-order valence-electron chi connectivity index (χ0n) is 18.9. The van der Waals surface area contributed by atoms with Crippen molar-refractivity contribution in [1.82, 2.24) is 25.1 Å². The number of para-hydroxylation sites is 1. The molecule has 4 N–H and O–H groups in total. The molecule has 3 aromatic heterocycles. The van der Waals surface area contributed by atoms with Gasteiger partial charge in [-0.15, -0.1) is 0 Å². The van der Waals surface area contributed by atoms with Gasteiger partial charge in [-0.1, -0.05) is 48.5 Å². The highest BCUT2D eigenvalue weighted by atomic mass is 16.3. The fourth-order valence-corrected chi connectivity index (χ4v) is 4.68. The molecule has 2 aromatic carbocycles. The van der Waals surface area contributed by atoms with Gasteiger partial charge in [0.25, 0.3) is 5.56 Å². The lowest BCUT2D eigenvalue weighted by atomic mass is 9.85. The minimum atomic E-state index is -0.561. The summed E-state index contributed by atoms with van der Waals surface area (Å²) in [6.45, 7) is 1.94. The third-order valence-corrected chi connectivity index (χ3v) is 6.23. The van der Waals surface area contributed by atoms with Gasteiger partial charge in [0.1, 0.15) is 11.4 Å². The second kappa shape index (κ2) is 8.55. The quantitative estimate of drug-likeness (QED) is 0.314. The predicted octanol–water partition coefficient (Wildman–Crippen LogP) is 3.31. The standard InChI is InChI=1S/C26H25N5O3/c1-15(32)27-13-12-18-17-10-6-7-11-20(17)29-23(18)21(16-8-4-3-5-9-16)22-24(33)19-14-28-31(2)25(19)30-26(22)34/h3-11,14,21,29H,12-13H2,1-2H3,(H,27,32)(H2,30,33,34). The van der Waals surface area contributed by atoms with E-state index in [1.807, 2.05) is 54.6 Å². The molecule has 172 valence electrons. The van der Waals surface area contributed by atoms with Crippen LogP contribution in [-0.2, 0) is 18.3 Å². The molecule has 8 heteroatoms. The number of hydrogen-bond acceptors (Lipinski definition) is 4. The van der Waals surface area contributed by atoms with Crippen LogP contribution in [0.2, 0.25) is 0 Å². The minimum Gasteiger partial charge on any atom is -0.507 e. The largest absolute Gasteiger partial charge is 0.507 e. The maximum atomic E-state index is 13.4. The summed E-state index contributed by atoms with van der Waals surface area (Å²) in [5.74, 6) is -0.751. The van der Waals surface area contributed by atoms with E-state index in [0.717, 1.165) is 27.7 Å². The summed E-state index contributed by atoms with van der Waals surface area (Å²) in [5.41, 5.74) is 3.91. The number of fused-ring (bicyclic) bond motifs is 2. The molecule has 1 atom stereocenters. The van der Waals surface area contributed by atoms with E-state index < -0.39 is 5.92 Å². The van der Waals surface area contributed by atoms with Crippen LogP contribution in [0, 0.1) is 0 Å². The average molecular weight is 456 g/mol. The first-order chi connectivity index (χ1) is 16.5. The molecule has 34 heavy (non-hydrogen) atoms. The molecular formula is C26H25N5O3. The van der Waals surface area contributed by atoms with Crippen molar-refractivity contribution in [2.45, 2.75) is 19.3 Å². The van der Waals surface area contributed by atoms with E-state index in [4.69, 9.17) is 0 Å². The van der Waals surface area contributed by atoms with Crippen LogP contribution in [0.4, 0.5) is 0 Å². The molecule has 5 aromatic rings. The molecule has 0 aliphatic rings. The van der Waals surface area contributed by atoms with Crippen LogP contribution in [0.15, 0.2) is 65.6 Å². The molecule has 1 unspecified atom stereocenters. The topological polar surface area (TPSA) is 116 Å². The molecule has 8 nitrogen and oxygen atoms in total. The third-order valence-electron chi connectivity index (χ3n) is 6.23. The number of benzene rings is 2. The second-order valence-electron chi connectivity index (χ2n) is 8.39. The van der Waals surface area contributed by atoms with Crippen LogP contribution in [0.5, 0.6) is 5.75 Å². The average Bonchev–Trinajstić information content (AvgIpc) is 3.37.